The van der Waals surface area contributed by atoms with Gasteiger partial charge in [-0.05, 0) is 53.0 Å². The molecule has 1 unspecified atom stereocenters. The van der Waals surface area contributed by atoms with E-state index in [9.17, 15) is 4.79 Å². The van der Waals surface area contributed by atoms with Gasteiger partial charge >= 0.3 is 0 Å². The molecule has 25 heavy (non-hydrogen) atoms. The van der Waals surface area contributed by atoms with Crippen LogP contribution in [-0.2, 0) is 4.79 Å². The van der Waals surface area contributed by atoms with Crippen LogP contribution in [-0.4, -0.2) is 59.5 Å². The molecule has 2 aliphatic rings. The molecule has 0 bridgehead atoms. The van der Waals surface area contributed by atoms with E-state index in [1.54, 1.807) is 0 Å². The zero-order valence-electron chi connectivity index (χ0n) is 15.8. The fraction of sp³-hybridized carbons (Fsp3) is 0.737. The molecule has 0 aliphatic carbocycles. The van der Waals surface area contributed by atoms with Gasteiger partial charge in [-0.3, -0.25) is 9.69 Å². The van der Waals surface area contributed by atoms with Gasteiger partial charge in [0.25, 0.3) is 0 Å². The van der Waals surface area contributed by atoms with Crippen LogP contribution in [0, 0.1) is 6.92 Å². The van der Waals surface area contributed by atoms with Gasteiger partial charge in [0.05, 0.1) is 12.2 Å². The van der Waals surface area contributed by atoms with E-state index >= 15 is 0 Å². The van der Waals surface area contributed by atoms with E-state index in [0.717, 1.165) is 56.4 Å². The number of hydrogen-bond donors (Lipinski definition) is 1. The lowest BCUT2D eigenvalue weighted by Crippen LogP contribution is -2.43. The zero-order valence-corrected chi connectivity index (χ0v) is 15.8. The molecule has 6 nitrogen and oxygen atoms in total. The van der Waals surface area contributed by atoms with Gasteiger partial charge in [0.2, 0.25) is 5.91 Å². The van der Waals surface area contributed by atoms with Crippen molar-refractivity contribution in [3.05, 3.63) is 17.6 Å². The van der Waals surface area contributed by atoms with Crippen molar-refractivity contribution in [2.45, 2.75) is 58.4 Å². The highest BCUT2D eigenvalue weighted by Crippen LogP contribution is 2.28. The molecule has 3 rings (SSSR count). The summed E-state index contributed by atoms with van der Waals surface area (Å²) in [7, 11) is 0. The van der Waals surface area contributed by atoms with Crippen molar-refractivity contribution in [3.63, 3.8) is 0 Å². The summed E-state index contributed by atoms with van der Waals surface area (Å²) in [4.78, 5) is 26.1. The molecular formula is C19H31N5O. The van der Waals surface area contributed by atoms with Gasteiger partial charge in [0.1, 0.15) is 11.6 Å². The normalized spacial score (nSPS) is 21.8. The van der Waals surface area contributed by atoms with E-state index in [4.69, 9.17) is 4.98 Å². The third-order valence-electron chi connectivity index (χ3n) is 5.01. The summed E-state index contributed by atoms with van der Waals surface area (Å²) in [6.45, 7) is 10.6. The Hall–Kier alpha value is -1.69. The molecule has 0 saturated carbocycles. The molecule has 2 fully saturated rings. The van der Waals surface area contributed by atoms with Crippen LogP contribution in [0.3, 0.4) is 0 Å². The summed E-state index contributed by atoms with van der Waals surface area (Å²) >= 11 is 0. The van der Waals surface area contributed by atoms with Crippen molar-refractivity contribution < 1.29 is 4.79 Å². The second-order valence-electron chi connectivity index (χ2n) is 7.69. The number of hydrogen-bond acceptors (Lipinski definition) is 5. The van der Waals surface area contributed by atoms with Crippen LogP contribution in [0.5, 0.6) is 0 Å². The summed E-state index contributed by atoms with van der Waals surface area (Å²) in [5, 5.41) is 2.99. The molecule has 1 aromatic heterocycles. The maximum Gasteiger partial charge on any atom is 0.234 e. The highest BCUT2D eigenvalue weighted by Gasteiger charge is 2.25. The smallest absolute Gasteiger partial charge is 0.234 e. The van der Waals surface area contributed by atoms with Gasteiger partial charge in [0, 0.05) is 37.7 Å². The lowest BCUT2D eigenvalue weighted by Gasteiger charge is -2.32. The average molecular weight is 345 g/mol. The van der Waals surface area contributed by atoms with Crippen molar-refractivity contribution in [1.82, 2.24) is 20.2 Å². The van der Waals surface area contributed by atoms with Crippen molar-refractivity contribution in [1.29, 1.82) is 0 Å². The van der Waals surface area contributed by atoms with Crippen LogP contribution in [0.15, 0.2) is 6.07 Å². The molecule has 1 N–H and O–H groups in total. The second kappa shape index (κ2) is 8.13. The molecule has 1 aromatic rings. The average Bonchev–Trinajstić information content (AvgIpc) is 3.08. The van der Waals surface area contributed by atoms with Crippen molar-refractivity contribution in [2.75, 3.05) is 37.6 Å². The number of carbonyl (C=O) groups excluding carboxylic acids is 1. The minimum absolute atomic E-state index is 0.118. The third-order valence-corrected chi connectivity index (χ3v) is 5.01. The Morgan fingerprint density at radius 1 is 1.24 bits per heavy atom. The maximum absolute atomic E-state index is 12.1. The zero-order chi connectivity index (χ0) is 17.8. The number of anilines is 1. The molecule has 1 atom stereocenters. The Labute approximate surface area is 151 Å². The second-order valence-corrected chi connectivity index (χ2v) is 7.69. The fourth-order valence-corrected chi connectivity index (χ4v) is 3.90. The fourth-order valence-electron chi connectivity index (χ4n) is 3.90. The largest absolute Gasteiger partial charge is 0.357 e. The molecule has 0 aromatic carbocycles. The van der Waals surface area contributed by atoms with Gasteiger partial charge in [0.15, 0.2) is 0 Å². The number of amides is 1. The Kier molecular flexibility index (Phi) is 5.89. The SMILES string of the molecule is Cc1nc(C2CCCN(CC(=O)NC(C)C)C2)cc(N2CCCC2)n1. The van der Waals surface area contributed by atoms with Crippen LogP contribution in [0.1, 0.15) is 57.0 Å². The van der Waals surface area contributed by atoms with E-state index in [2.05, 4.69) is 26.2 Å². The minimum Gasteiger partial charge on any atom is -0.357 e. The quantitative estimate of drug-likeness (QED) is 0.885. The summed E-state index contributed by atoms with van der Waals surface area (Å²) in [5.41, 5.74) is 1.14. The topological polar surface area (TPSA) is 61.4 Å². The first-order valence-corrected chi connectivity index (χ1v) is 9.63. The molecule has 138 valence electrons. The Bertz CT molecular complexity index is 597. The van der Waals surface area contributed by atoms with Crippen molar-refractivity contribution >= 4 is 11.7 Å². The van der Waals surface area contributed by atoms with E-state index in [1.165, 1.54) is 12.8 Å². The molecule has 0 radical (unpaired) electrons. The maximum atomic E-state index is 12.1. The Balaban J connectivity index is 1.67. The summed E-state index contributed by atoms with van der Waals surface area (Å²) in [5.74, 6) is 2.44. The highest BCUT2D eigenvalue weighted by atomic mass is 16.2. The van der Waals surface area contributed by atoms with Crippen LogP contribution in [0.2, 0.25) is 0 Å². The minimum atomic E-state index is 0.118. The molecule has 2 aliphatic heterocycles. The van der Waals surface area contributed by atoms with Crippen molar-refractivity contribution in [3.8, 4) is 0 Å². The van der Waals surface area contributed by atoms with Crippen LogP contribution in [0.4, 0.5) is 5.82 Å². The lowest BCUT2D eigenvalue weighted by molar-refractivity contribution is -0.123. The highest BCUT2D eigenvalue weighted by molar-refractivity contribution is 5.78. The number of nitrogens with one attached hydrogen (secondary N) is 1. The Morgan fingerprint density at radius 3 is 2.72 bits per heavy atom. The predicted molar refractivity (Wildman–Crippen MR) is 99.9 cm³/mol. The number of nitrogens with zero attached hydrogens (tertiary/aromatic N) is 4. The summed E-state index contributed by atoms with van der Waals surface area (Å²) in [6, 6.07) is 2.38. The van der Waals surface area contributed by atoms with Gasteiger partial charge in [-0.2, -0.15) is 0 Å². The number of likely N-dealkylation sites (tertiary alicyclic amines) is 1. The standard InChI is InChI=1S/C19H31N5O/c1-14(2)20-19(25)13-23-8-6-7-16(12-23)17-11-18(22-15(3)21-17)24-9-4-5-10-24/h11,14,16H,4-10,12-13H2,1-3H3,(H,20,25). The van der Waals surface area contributed by atoms with Crippen LogP contribution < -0.4 is 10.2 Å². The van der Waals surface area contributed by atoms with Crippen LogP contribution in [0.25, 0.3) is 0 Å². The summed E-state index contributed by atoms with van der Waals surface area (Å²) < 4.78 is 0. The van der Waals surface area contributed by atoms with E-state index < -0.39 is 0 Å². The number of aryl methyl sites for hydroxylation is 1. The van der Waals surface area contributed by atoms with Gasteiger partial charge in [-0.25, -0.2) is 9.97 Å². The molecule has 1 amide bonds. The number of aromatic nitrogens is 2. The van der Waals surface area contributed by atoms with Crippen LogP contribution >= 0.6 is 0 Å². The first kappa shape index (κ1) is 18.1. The van der Waals surface area contributed by atoms with Crippen molar-refractivity contribution in [2.24, 2.45) is 0 Å². The predicted octanol–water partition coefficient (Wildman–Crippen LogP) is 2.09. The van der Waals surface area contributed by atoms with E-state index in [-0.39, 0.29) is 11.9 Å². The molecule has 6 heteroatoms. The van der Waals surface area contributed by atoms with Gasteiger partial charge in [-0.15, -0.1) is 0 Å². The number of rotatable bonds is 5. The van der Waals surface area contributed by atoms with E-state index in [0.29, 0.717) is 12.5 Å². The lowest BCUT2D eigenvalue weighted by atomic mass is 9.94. The molecule has 3 heterocycles. The number of piperidine rings is 1. The Morgan fingerprint density at radius 2 is 2.00 bits per heavy atom. The third kappa shape index (κ3) is 4.91. The van der Waals surface area contributed by atoms with Gasteiger partial charge < -0.3 is 10.2 Å². The summed E-state index contributed by atoms with van der Waals surface area (Å²) in [6.07, 6.45) is 4.75. The first-order valence-electron chi connectivity index (χ1n) is 9.63. The molecule has 2 saturated heterocycles. The monoisotopic (exact) mass is 345 g/mol. The number of carbonyl (C=O) groups is 1. The molecule has 0 spiro atoms. The molecular weight excluding hydrogens is 314 g/mol. The first-order chi connectivity index (χ1) is 12.0. The van der Waals surface area contributed by atoms with E-state index in [1.807, 2.05) is 20.8 Å². The van der Waals surface area contributed by atoms with Gasteiger partial charge in [-0.1, -0.05) is 0 Å².